The molecule has 2 aromatic rings. The van der Waals surface area contributed by atoms with Crippen LogP contribution in [0.3, 0.4) is 0 Å². The number of hydrogen-bond acceptors (Lipinski definition) is 3. The van der Waals surface area contributed by atoms with Crippen LogP contribution in [0.15, 0.2) is 24.4 Å². The third-order valence-corrected chi connectivity index (χ3v) is 4.45. The minimum Gasteiger partial charge on any atom is -0.374 e. The minimum atomic E-state index is 0.221. The molecule has 1 saturated heterocycles. The Morgan fingerprint density at radius 2 is 2.29 bits per heavy atom. The van der Waals surface area contributed by atoms with Crippen molar-refractivity contribution in [3.05, 3.63) is 35.0 Å². The zero-order valence-electron chi connectivity index (χ0n) is 12.4. The normalized spacial score (nSPS) is 20.2. The van der Waals surface area contributed by atoms with Crippen molar-refractivity contribution >= 4 is 22.5 Å². The van der Waals surface area contributed by atoms with Gasteiger partial charge in [0.25, 0.3) is 0 Å². The summed E-state index contributed by atoms with van der Waals surface area (Å²) in [4.78, 5) is 2.43. The van der Waals surface area contributed by atoms with E-state index in [-0.39, 0.29) is 6.10 Å². The van der Waals surface area contributed by atoms with E-state index in [2.05, 4.69) is 28.7 Å². The maximum Gasteiger partial charge on any atom is 0.0881 e. The van der Waals surface area contributed by atoms with Gasteiger partial charge in [-0.15, -0.1) is 0 Å². The summed E-state index contributed by atoms with van der Waals surface area (Å²) < 4.78 is 8.14. The summed E-state index contributed by atoms with van der Waals surface area (Å²) in [5.41, 5.74) is 8.15. The summed E-state index contributed by atoms with van der Waals surface area (Å²) >= 11 is 6.15. The maximum atomic E-state index is 6.15. The van der Waals surface area contributed by atoms with E-state index in [4.69, 9.17) is 22.1 Å². The Morgan fingerprint density at radius 3 is 3.05 bits per heavy atom. The third-order valence-electron chi connectivity index (χ3n) is 4.22. The number of halogens is 1. The Balaban J connectivity index is 1.87. The lowest BCUT2D eigenvalue weighted by molar-refractivity contribution is -0.0337. The Kier molecular flexibility index (Phi) is 4.50. The zero-order chi connectivity index (χ0) is 14.8. The van der Waals surface area contributed by atoms with E-state index in [9.17, 15) is 0 Å². The van der Waals surface area contributed by atoms with Gasteiger partial charge in [-0.3, -0.25) is 4.90 Å². The highest BCUT2D eigenvalue weighted by molar-refractivity contribution is 6.31. The fourth-order valence-electron chi connectivity index (χ4n) is 3.05. The van der Waals surface area contributed by atoms with Gasteiger partial charge in [0, 0.05) is 41.8 Å². The molecular formula is C16H22ClN3O. The SMILES string of the molecule is CCN1CCOC(Cn2cc(CN)c3ccc(Cl)cc32)C1. The van der Waals surface area contributed by atoms with Crippen molar-refractivity contribution in [3.8, 4) is 0 Å². The Bertz CT molecular complexity index is 625. The van der Waals surface area contributed by atoms with Gasteiger partial charge in [-0.25, -0.2) is 0 Å². The first-order valence-corrected chi connectivity index (χ1v) is 7.90. The number of fused-ring (bicyclic) bond motifs is 1. The third kappa shape index (κ3) is 3.09. The molecule has 0 amide bonds. The highest BCUT2D eigenvalue weighted by Crippen LogP contribution is 2.25. The van der Waals surface area contributed by atoms with Gasteiger partial charge in [-0.2, -0.15) is 0 Å². The number of nitrogens with zero attached hydrogens (tertiary/aromatic N) is 2. The molecule has 4 nitrogen and oxygen atoms in total. The van der Waals surface area contributed by atoms with Gasteiger partial charge < -0.3 is 15.0 Å². The highest BCUT2D eigenvalue weighted by atomic mass is 35.5. The van der Waals surface area contributed by atoms with Crippen LogP contribution in [-0.2, 0) is 17.8 Å². The van der Waals surface area contributed by atoms with Crippen molar-refractivity contribution in [2.45, 2.75) is 26.1 Å². The topological polar surface area (TPSA) is 43.4 Å². The number of nitrogens with two attached hydrogens (primary N) is 1. The smallest absolute Gasteiger partial charge is 0.0881 e. The number of morpholine rings is 1. The molecule has 21 heavy (non-hydrogen) atoms. The highest BCUT2D eigenvalue weighted by Gasteiger charge is 2.20. The van der Waals surface area contributed by atoms with Crippen LogP contribution in [0, 0.1) is 0 Å². The molecule has 1 aromatic heterocycles. The van der Waals surface area contributed by atoms with Crippen molar-refractivity contribution in [3.63, 3.8) is 0 Å². The van der Waals surface area contributed by atoms with E-state index in [0.29, 0.717) is 6.54 Å². The molecule has 0 spiro atoms. The average Bonchev–Trinajstić information content (AvgIpc) is 2.84. The molecule has 1 atom stereocenters. The minimum absolute atomic E-state index is 0.221. The van der Waals surface area contributed by atoms with Crippen molar-refractivity contribution in [1.29, 1.82) is 0 Å². The van der Waals surface area contributed by atoms with Crippen molar-refractivity contribution in [2.24, 2.45) is 5.73 Å². The summed E-state index contributed by atoms with van der Waals surface area (Å²) in [7, 11) is 0. The van der Waals surface area contributed by atoms with Gasteiger partial charge in [0.1, 0.15) is 0 Å². The van der Waals surface area contributed by atoms with Crippen LogP contribution < -0.4 is 5.73 Å². The predicted octanol–water partition coefficient (Wildman–Crippen LogP) is 2.47. The molecule has 5 heteroatoms. The van der Waals surface area contributed by atoms with Crippen LogP contribution in [0.1, 0.15) is 12.5 Å². The van der Waals surface area contributed by atoms with E-state index >= 15 is 0 Å². The molecule has 1 fully saturated rings. The summed E-state index contributed by atoms with van der Waals surface area (Å²) in [6.07, 6.45) is 2.36. The lowest BCUT2D eigenvalue weighted by Crippen LogP contribution is -2.43. The molecule has 1 aromatic carbocycles. The number of benzene rings is 1. The van der Waals surface area contributed by atoms with E-state index in [1.54, 1.807) is 0 Å². The second-order valence-electron chi connectivity index (χ2n) is 5.56. The van der Waals surface area contributed by atoms with Gasteiger partial charge in [0.05, 0.1) is 19.3 Å². The molecular weight excluding hydrogens is 286 g/mol. The van der Waals surface area contributed by atoms with Gasteiger partial charge >= 0.3 is 0 Å². The van der Waals surface area contributed by atoms with E-state index in [1.807, 2.05) is 12.1 Å². The Hall–Kier alpha value is -1.07. The average molecular weight is 308 g/mol. The summed E-state index contributed by atoms with van der Waals surface area (Å²) in [6.45, 7) is 7.47. The molecule has 2 heterocycles. The molecule has 0 bridgehead atoms. The van der Waals surface area contributed by atoms with Crippen LogP contribution in [0.4, 0.5) is 0 Å². The first kappa shape index (κ1) is 14.9. The first-order chi connectivity index (χ1) is 10.2. The predicted molar refractivity (Wildman–Crippen MR) is 86.7 cm³/mol. The molecule has 0 aliphatic carbocycles. The van der Waals surface area contributed by atoms with E-state index in [0.717, 1.165) is 48.9 Å². The van der Waals surface area contributed by atoms with Gasteiger partial charge in [-0.05, 0) is 24.2 Å². The summed E-state index contributed by atoms with van der Waals surface area (Å²) in [5.74, 6) is 0. The number of aromatic nitrogens is 1. The van der Waals surface area contributed by atoms with Gasteiger partial charge in [0.15, 0.2) is 0 Å². The fourth-order valence-corrected chi connectivity index (χ4v) is 3.22. The van der Waals surface area contributed by atoms with Crippen LogP contribution in [0.2, 0.25) is 5.02 Å². The van der Waals surface area contributed by atoms with Crippen LogP contribution in [-0.4, -0.2) is 41.8 Å². The largest absolute Gasteiger partial charge is 0.374 e. The molecule has 3 rings (SSSR count). The zero-order valence-corrected chi connectivity index (χ0v) is 13.1. The Labute approximate surface area is 130 Å². The molecule has 0 saturated carbocycles. The molecule has 0 radical (unpaired) electrons. The molecule has 114 valence electrons. The Morgan fingerprint density at radius 1 is 1.43 bits per heavy atom. The van der Waals surface area contributed by atoms with E-state index in [1.165, 1.54) is 5.39 Å². The van der Waals surface area contributed by atoms with Crippen LogP contribution in [0.25, 0.3) is 10.9 Å². The van der Waals surface area contributed by atoms with E-state index < -0.39 is 0 Å². The lowest BCUT2D eigenvalue weighted by atomic mass is 10.2. The molecule has 1 unspecified atom stereocenters. The summed E-state index contributed by atoms with van der Waals surface area (Å²) in [6, 6.07) is 5.98. The van der Waals surface area contributed by atoms with Crippen molar-refractivity contribution in [1.82, 2.24) is 9.47 Å². The number of rotatable bonds is 4. The van der Waals surface area contributed by atoms with Gasteiger partial charge in [0.2, 0.25) is 0 Å². The maximum absolute atomic E-state index is 6.15. The number of likely N-dealkylation sites (N-methyl/N-ethyl adjacent to an activating group) is 1. The van der Waals surface area contributed by atoms with Gasteiger partial charge in [-0.1, -0.05) is 24.6 Å². The molecule has 1 aliphatic heterocycles. The van der Waals surface area contributed by atoms with Crippen molar-refractivity contribution < 1.29 is 4.74 Å². The van der Waals surface area contributed by atoms with Crippen LogP contribution >= 0.6 is 11.6 Å². The number of ether oxygens (including phenoxy) is 1. The second kappa shape index (κ2) is 6.36. The van der Waals surface area contributed by atoms with Crippen LogP contribution in [0.5, 0.6) is 0 Å². The molecule has 2 N–H and O–H groups in total. The first-order valence-electron chi connectivity index (χ1n) is 7.52. The number of hydrogen-bond donors (Lipinski definition) is 1. The molecule has 1 aliphatic rings. The second-order valence-corrected chi connectivity index (χ2v) is 5.99. The quantitative estimate of drug-likeness (QED) is 0.943. The van der Waals surface area contributed by atoms with Crippen molar-refractivity contribution in [2.75, 3.05) is 26.2 Å². The lowest BCUT2D eigenvalue weighted by Gasteiger charge is -2.32. The fraction of sp³-hybridized carbons (Fsp3) is 0.500. The monoisotopic (exact) mass is 307 g/mol. The summed E-state index contributed by atoms with van der Waals surface area (Å²) in [5, 5.41) is 1.94. The standard InChI is InChI=1S/C16H22ClN3O/c1-2-19-5-6-21-14(10-19)11-20-9-12(8-18)15-4-3-13(17)7-16(15)20/h3-4,7,9,14H,2,5-6,8,10-11,18H2,1H3.